The average Bonchev–Trinajstić information content (AvgIpc) is 3.36. The Hall–Kier alpha value is -3.59. The van der Waals surface area contributed by atoms with E-state index in [-0.39, 0.29) is 11.9 Å². The molecule has 6 nitrogen and oxygen atoms in total. The van der Waals surface area contributed by atoms with Gasteiger partial charge in [-0.25, -0.2) is 4.98 Å². The Morgan fingerprint density at radius 1 is 1.52 bits per heavy atom. The zero-order chi connectivity index (χ0) is 18.8. The normalized spacial score (nSPS) is 16.6. The molecule has 3 aromatic heterocycles. The van der Waals surface area contributed by atoms with E-state index >= 15 is 0 Å². The largest absolute Gasteiger partial charge is 0.464 e. The summed E-state index contributed by atoms with van der Waals surface area (Å²) >= 11 is 0. The highest BCUT2D eigenvalue weighted by molar-refractivity contribution is 6.02. The number of amides is 1. The number of H-pyrrole nitrogens is 1. The zero-order valence-corrected chi connectivity index (χ0v) is 14.7. The third-order valence-electron chi connectivity index (χ3n) is 4.83. The highest BCUT2D eigenvalue weighted by atomic mass is 16.3. The van der Waals surface area contributed by atoms with Crippen LogP contribution in [0.4, 0.5) is 0 Å². The van der Waals surface area contributed by atoms with Crippen LogP contribution < -0.4 is 5.32 Å². The number of rotatable bonds is 4. The first-order valence-electron chi connectivity index (χ1n) is 8.77. The molecule has 3 aromatic rings. The minimum atomic E-state index is -0.181. The third-order valence-corrected chi connectivity index (χ3v) is 4.83. The summed E-state index contributed by atoms with van der Waals surface area (Å²) in [5, 5.41) is 13.5. The van der Waals surface area contributed by atoms with Crippen molar-refractivity contribution < 1.29 is 9.21 Å². The van der Waals surface area contributed by atoms with Crippen LogP contribution in [0, 0.1) is 11.3 Å². The molecule has 1 amide bonds. The highest BCUT2D eigenvalue weighted by Gasteiger charge is 2.24. The Kier molecular flexibility index (Phi) is 4.35. The molecular weight excluding hydrogens is 340 g/mol. The number of pyridine rings is 1. The molecule has 134 valence electrons. The standard InChI is InChI=1S/C21H18N4O2/c1-2-18(26)25-15-6-3-5-13(9-15)19-14(10-22)11-23-21-20(19)16(12-24-21)17-7-4-8-27-17/h2,4-5,7-8,11-12,15H,1,3,6,9H2,(H,23,24)(H,25,26). The summed E-state index contributed by atoms with van der Waals surface area (Å²) in [6.07, 6.45) is 10.8. The molecule has 0 aliphatic heterocycles. The first kappa shape index (κ1) is 16.9. The topological polar surface area (TPSA) is 94.7 Å². The van der Waals surface area contributed by atoms with Crippen molar-refractivity contribution in [3.05, 3.63) is 60.6 Å². The number of carbonyl (C=O) groups is 1. The van der Waals surface area contributed by atoms with Crippen molar-refractivity contribution in [1.82, 2.24) is 15.3 Å². The third kappa shape index (κ3) is 3.04. The molecule has 1 atom stereocenters. The number of hydrogen-bond donors (Lipinski definition) is 2. The number of nitriles is 1. The van der Waals surface area contributed by atoms with Gasteiger partial charge in [0.1, 0.15) is 17.5 Å². The summed E-state index contributed by atoms with van der Waals surface area (Å²) in [7, 11) is 0. The lowest BCUT2D eigenvalue weighted by atomic mass is 9.86. The first-order valence-corrected chi connectivity index (χ1v) is 8.77. The summed E-state index contributed by atoms with van der Waals surface area (Å²) in [5.41, 5.74) is 3.97. The van der Waals surface area contributed by atoms with E-state index in [1.165, 1.54) is 6.08 Å². The first-order chi connectivity index (χ1) is 13.2. The monoisotopic (exact) mass is 358 g/mol. The lowest BCUT2D eigenvalue weighted by Crippen LogP contribution is -2.34. The summed E-state index contributed by atoms with van der Waals surface area (Å²) in [4.78, 5) is 19.3. The Morgan fingerprint density at radius 3 is 3.15 bits per heavy atom. The number of nitrogens with zero attached hydrogens (tertiary/aromatic N) is 2. The van der Waals surface area contributed by atoms with Gasteiger partial charge in [-0.05, 0) is 43.0 Å². The van der Waals surface area contributed by atoms with Gasteiger partial charge in [-0.1, -0.05) is 12.7 Å². The molecule has 2 N–H and O–H groups in total. The van der Waals surface area contributed by atoms with Crippen LogP contribution in [0.25, 0.3) is 27.9 Å². The van der Waals surface area contributed by atoms with Crippen LogP contribution in [-0.2, 0) is 4.79 Å². The molecule has 1 unspecified atom stereocenters. The fourth-order valence-electron chi connectivity index (χ4n) is 3.64. The van der Waals surface area contributed by atoms with E-state index in [9.17, 15) is 10.1 Å². The van der Waals surface area contributed by atoms with Gasteiger partial charge in [-0.15, -0.1) is 0 Å². The quantitative estimate of drug-likeness (QED) is 0.691. The Bertz CT molecular complexity index is 1080. The van der Waals surface area contributed by atoms with Gasteiger partial charge in [0, 0.05) is 34.9 Å². The molecule has 0 saturated carbocycles. The van der Waals surface area contributed by atoms with Gasteiger partial charge < -0.3 is 14.7 Å². The maximum Gasteiger partial charge on any atom is 0.243 e. The average molecular weight is 358 g/mol. The SMILES string of the molecule is C=CC(=O)NC1CCC=C(c2c(C#N)cnc3[nH]cc(-c4ccco4)c23)C1. The number of nitrogens with one attached hydrogen (secondary N) is 2. The number of hydrogen-bond acceptors (Lipinski definition) is 4. The van der Waals surface area contributed by atoms with Gasteiger partial charge in [-0.2, -0.15) is 5.26 Å². The second-order valence-electron chi connectivity index (χ2n) is 6.48. The van der Waals surface area contributed by atoms with Crippen LogP contribution in [0.2, 0.25) is 0 Å². The molecule has 6 heteroatoms. The van der Waals surface area contributed by atoms with E-state index in [0.29, 0.717) is 23.4 Å². The molecule has 1 aliphatic rings. The number of carbonyl (C=O) groups excluding carboxylic acids is 1. The van der Waals surface area contributed by atoms with Gasteiger partial charge in [-0.3, -0.25) is 4.79 Å². The van der Waals surface area contributed by atoms with E-state index in [0.717, 1.165) is 34.9 Å². The fourth-order valence-corrected chi connectivity index (χ4v) is 3.64. The van der Waals surface area contributed by atoms with Crippen LogP contribution >= 0.6 is 0 Å². The summed E-state index contributed by atoms with van der Waals surface area (Å²) in [6, 6.07) is 5.99. The van der Waals surface area contributed by atoms with Crippen LogP contribution in [-0.4, -0.2) is 21.9 Å². The van der Waals surface area contributed by atoms with E-state index in [4.69, 9.17) is 4.42 Å². The van der Waals surface area contributed by atoms with Crippen LogP contribution in [0.5, 0.6) is 0 Å². The summed E-state index contributed by atoms with van der Waals surface area (Å²) in [5.74, 6) is 0.534. The van der Waals surface area contributed by atoms with Crippen molar-refractivity contribution in [2.45, 2.75) is 25.3 Å². The zero-order valence-electron chi connectivity index (χ0n) is 14.7. The fraction of sp³-hybridized carbons (Fsp3) is 0.190. The molecule has 0 aromatic carbocycles. The molecule has 0 saturated heterocycles. The molecule has 27 heavy (non-hydrogen) atoms. The molecule has 4 rings (SSSR count). The molecule has 1 aliphatic carbocycles. The number of aromatic amines is 1. The molecule has 0 radical (unpaired) electrons. The maximum atomic E-state index is 11.7. The molecule has 3 heterocycles. The molecular formula is C21H18N4O2. The Morgan fingerprint density at radius 2 is 2.41 bits per heavy atom. The van der Waals surface area contributed by atoms with Gasteiger partial charge in [0.15, 0.2) is 0 Å². The number of fused-ring (bicyclic) bond motifs is 1. The van der Waals surface area contributed by atoms with Crippen molar-refractivity contribution in [1.29, 1.82) is 5.26 Å². The molecule has 0 spiro atoms. The smallest absolute Gasteiger partial charge is 0.243 e. The second kappa shape index (κ2) is 6.96. The van der Waals surface area contributed by atoms with Gasteiger partial charge in [0.25, 0.3) is 0 Å². The lowest BCUT2D eigenvalue weighted by Gasteiger charge is -2.24. The van der Waals surface area contributed by atoms with E-state index in [2.05, 4.69) is 34.0 Å². The van der Waals surface area contributed by atoms with Crippen molar-refractivity contribution in [2.24, 2.45) is 0 Å². The lowest BCUT2D eigenvalue weighted by molar-refractivity contribution is -0.117. The predicted octanol–water partition coefficient (Wildman–Crippen LogP) is 3.93. The number of allylic oxidation sites excluding steroid dienone is 1. The highest BCUT2D eigenvalue weighted by Crippen LogP contribution is 2.38. The predicted molar refractivity (Wildman–Crippen MR) is 102 cm³/mol. The molecule has 0 fully saturated rings. The van der Waals surface area contributed by atoms with E-state index in [1.807, 2.05) is 18.3 Å². The van der Waals surface area contributed by atoms with Crippen molar-refractivity contribution in [2.75, 3.05) is 0 Å². The molecule has 0 bridgehead atoms. The Labute approximate surface area is 156 Å². The van der Waals surface area contributed by atoms with E-state index < -0.39 is 0 Å². The van der Waals surface area contributed by atoms with Crippen LogP contribution in [0.3, 0.4) is 0 Å². The van der Waals surface area contributed by atoms with E-state index in [1.54, 1.807) is 12.5 Å². The van der Waals surface area contributed by atoms with Crippen LogP contribution in [0.1, 0.15) is 30.4 Å². The minimum absolute atomic E-state index is 0.0104. The second-order valence-corrected chi connectivity index (χ2v) is 6.48. The summed E-state index contributed by atoms with van der Waals surface area (Å²) < 4.78 is 5.57. The van der Waals surface area contributed by atoms with Gasteiger partial charge >= 0.3 is 0 Å². The number of aromatic nitrogens is 2. The van der Waals surface area contributed by atoms with Crippen molar-refractivity contribution in [3.63, 3.8) is 0 Å². The van der Waals surface area contributed by atoms with Crippen molar-refractivity contribution in [3.8, 4) is 17.4 Å². The van der Waals surface area contributed by atoms with Gasteiger partial charge in [0.2, 0.25) is 5.91 Å². The minimum Gasteiger partial charge on any atom is -0.464 e. The van der Waals surface area contributed by atoms with Crippen molar-refractivity contribution >= 4 is 22.5 Å². The Balaban J connectivity index is 1.84. The number of furan rings is 1. The van der Waals surface area contributed by atoms with Crippen LogP contribution in [0.15, 0.2) is 53.9 Å². The maximum absolute atomic E-state index is 11.7. The summed E-state index contributed by atoms with van der Waals surface area (Å²) in [6.45, 7) is 3.51. The van der Waals surface area contributed by atoms with Gasteiger partial charge in [0.05, 0.1) is 11.8 Å².